The molecule has 1 aromatic carbocycles. The van der Waals surface area contributed by atoms with Gasteiger partial charge in [0.15, 0.2) is 0 Å². The molecule has 0 saturated heterocycles. The molecule has 4 N–H and O–H groups in total. The second kappa shape index (κ2) is 6.98. The molecule has 0 aliphatic carbocycles. The summed E-state index contributed by atoms with van der Waals surface area (Å²) >= 11 is 0. The molecular weight excluding hydrogens is 232 g/mol. The van der Waals surface area contributed by atoms with Gasteiger partial charge in [0, 0.05) is 13.1 Å². The first-order valence-corrected chi connectivity index (χ1v) is 5.86. The normalized spacial score (nSPS) is 10.6. The lowest BCUT2D eigenvalue weighted by atomic mass is 10.1. The number of nitrogens with two attached hydrogens (primary N) is 1. The number of rotatable bonds is 7. The number of aromatic hydroxyl groups is 1. The summed E-state index contributed by atoms with van der Waals surface area (Å²) < 4.78 is 5.02. The summed E-state index contributed by atoms with van der Waals surface area (Å²) in [5, 5.41) is 12.8. The van der Waals surface area contributed by atoms with Gasteiger partial charge in [-0.1, -0.05) is 12.1 Å². The number of phenols is 1. The van der Waals surface area contributed by atoms with E-state index >= 15 is 0 Å². The predicted molar refractivity (Wildman–Crippen MR) is 69.3 cm³/mol. The van der Waals surface area contributed by atoms with Gasteiger partial charge in [0.25, 0.3) is 0 Å². The second-order valence-corrected chi connectivity index (χ2v) is 4.27. The fourth-order valence-corrected chi connectivity index (χ4v) is 1.70. The maximum atomic E-state index is 10.4. The van der Waals surface area contributed by atoms with Crippen molar-refractivity contribution in [2.75, 3.05) is 19.8 Å². The number of benzene rings is 1. The topological polar surface area (TPSA) is 84.6 Å². The van der Waals surface area contributed by atoms with Crippen LogP contribution in [0, 0.1) is 13.8 Å². The maximum absolute atomic E-state index is 10.4. The van der Waals surface area contributed by atoms with Crippen LogP contribution in [0.2, 0.25) is 0 Å². The smallest absolute Gasteiger partial charge is 0.243 e. The molecule has 0 aliphatic heterocycles. The summed E-state index contributed by atoms with van der Waals surface area (Å²) in [4.78, 5) is 10.4. The molecule has 0 heterocycles. The van der Waals surface area contributed by atoms with E-state index in [0.29, 0.717) is 25.4 Å². The molecule has 1 rings (SSSR count). The maximum Gasteiger partial charge on any atom is 0.243 e. The van der Waals surface area contributed by atoms with Crippen molar-refractivity contribution >= 4 is 5.91 Å². The van der Waals surface area contributed by atoms with Gasteiger partial charge < -0.3 is 20.9 Å². The van der Waals surface area contributed by atoms with Crippen molar-refractivity contribution in [3.05, 3.63) is 28.8 Å². The van der Waals surface area contributed by atoms with E-state index in [1.807, 2.05) is 26.0 Å². The molecule has 0 radical (unpaired) electrons. The number of carbonyl (C=O) groups excluding carboxylic acids is 1. The van der Waals surface area contributed by atoms with E-state index in [9.17, 15) is 9.90 Å². The van der Waals surface area contributed by atoms with E-state index in [-0.39, 0.29) is 6.61 Å². The van der Waals surface area contributed by atoms with Crippen LogP contribution >= 0.6 is 0 Å². The third-order valence-electron chi connectivity index (χ3n) is 2.55. The number of aryl methyl sites for hydroxylation is 2. The number of phenolic OH excluding ortho intramolecular Hbond substituents is 1. The lowest BCUT2D eigenvalue weighted by Crippen LogP contribution is -2.23. The van der Waals surface area contributed by atoms with Crippen LogP contribution in [-0.2, 0) is 16.1 Å². The standard InChI is InChI=1S/C13H20N2O3/c1-9-5-11(6-10(2)13(9)17)7-15-3-4-18-8-12(14)16/h5-6,15,17H,3-4,7-8H2,1-2H3,(H2,14,16). The lowest BCUT2D eigenvalue weighted by molar-refractivity contribution is -0.122. The molecule has 100 valence electrons. The largest absolute Gasteiger partial charge is 0.507 e. The van der Waals surface area contributed by atoms with Crippen molar-refractivity contribution in [2.24, 2.45) is 5.73 Å². The molecule has 0 aliphatic rings. The highest BCUT2D eigenvalue weighted by molar-refractivity contribution is 5.74. The molecule has 18 heavy (non-hydrogen) atoms. The number of primary amides is 1. The molecule has 0 unspecified atom stereocenters. The zero-order valence-electron chi connectivity index (χ0n) is 10.8. The monoisotopic (exact) mass is 252 g/mol. The van der Waals surface area contributed by atoms with Gasteiger partial charge in [-0.3, -0.25) is 4.79 Å². The van der Waals surface area contributed by atoms with Crippen molar-refractivity contribution < 1.29 is 14.6 Å². The first-order chi connectivity index (χ1) is 8.50. The van der Waals surface area contributed by atoms with Crippen LogP contribution in [0.25, 0.3) is 0 Å². The number of ether oxygens (including phenoxy) is 1. The van der Waals surface area contributed by atoms with Gasteiger partial charge in [-0.25, -0.2) is 0 Å². The van der Waals surface area contributed by atoms with E-state index in [0.717, 1.165) is 16.7 Å². The van der Waals surface area contributed by atoms with E-state index in [1.54, 1.807) is 0 Å². The minimum absolute atomic E-state index is 0.0426. The summed E-state index contributed by atoms with van der Waals surface area (Å²) in [5.41, 5.74) is 7.79. The summed E-state index contributed by atoms with van der Waals surface area (Å²) in [7, 11) is 0. The van der Waals surface area contributed by atoms with Crippen LogP contribution in [-0.4, -0.2) is 30.8 Å². The van der Waals surface area contributed by atoms with E-state index in [2.05, 4.69) is 5.32 Å². The van der Waals surface area contributed by atoms with Crippen LogP contribution < -0.4 is 11.1 Å². The molecule has 5 nitrogen and oxygen atoms in total. The van der Waals surface area contributed by atoms with Gasteiger partial charge in [-0.05, 0) is 30.5 Å². The molecule has 0 spiro atoms. The highest BCUT2D eigenvalue weighted by Gasteiger charge is 2.03. The average molecular weight is 252 g/mol. The van der Waals surface area contributed by atoms with Crippen molar-refractivity contribution in [3.63, 3.8) is 0 Å². The zero-order valence-corrected chi connectivity index (χ0v) is 10.8. The zero-order chi connectivity index (χ0) is 13.5. The summed E-state index contributed by atoms with van der Waals surface area (Å²) in [6.07, 6.45) is 0. The molecule has 1 aromatic rings. The minimum atomic E-state index is -0.459. The van der Waals surface area contributed by atoms with Gasteiger partial charge in [0.1, 0.15) is 12.4 Å². The second-order valence-electron chi connectivity index (χ2n) is 4.27. The molecular formula is C13H20N2O3. The van der Waals surface area contributed by atoms with Crippen molar-refractivity contribution in [3.8, 4) is 5.75 Å². The Kier molecular flexibility index (Phi) is 5.61. The first kappa shape index (κ1) is 14.5. The van der Waals surface area contributed by atoms with E-state index in [1.165, 1.54) is 0 Å². The Morgan fingerprint density at radius 3 is 2.56 bits per heavy atom. The Morgan fingerprint density at radius 1 is 1.39 bits per heavy atom. The molecule has 0 bridgehead atoms. The van der Waals surface area contributed by atoms with Gasteiger partial charge in [0.2, 0.25) is 5.91 Å². The molecule has 0 fully saturated rings. The molecule has 0 atom stereocenters. The SMILES string of the molecule is Cc1cc(CNCCOCC(N)=O)cc(C)c1O. The fourth-order valence-electron chi connectivity index (χ4n) is 1.70. The Labute approximate surface area is 107 Å². The lowest BCUT2D eigenvalue weighted by Gasteiger charge is -2.09. The number of amides is 1. The third kappa shape index (κ3) is 4.73. The van der Waals surface area contributed by atoms with Crippen molar-refractivity contribution in [1.82, 2.24) is 5.32 Å². The summed E-state index contributed by atoms with van der Waals surface area (Å²) in [5.74, 6) is -0.108. The first-order valence-electron chi connectivity index (χ1n) is 5.86. The molecule has 5 heteroatoms. The molecule has 0 aromatic heterocycles. The van der Waals surface area contributed by atoms with Gasteiger partial charge in [-0.15, -0.1) is 0 Å². The third-order valence-corrected chi connectivity index (χ3v) is 2.55. The van der Waals surface area contributed by atoms with Gasteiger partial charge in [-0.2, -0.15) is 0 Å². The predicted octanol–water partition coefficient (Wildman–Crippen LogP) is 0.601. The van der Waals surface area contributed by atoms with Crippen LogP contribution in [0.3, 0.4) is 0 Å². The van der Waals surface area contributed by atoms with Crippen molar-refractivity contribution in [1.29, 1.82) is 0 Å². The minimum Gasteiger partial charge on any atom is -0.507 e. The summed E-state index contributed by atoms with van der Waals surface area (Å²) in [6.45, 7) is 5.50. The van der Waals surface area contributed by atoms with Crippen molar-refractivity contribution in [2.45, 2.75) is 20.4 Å². The highest BCUT2D eigenvalue weighted by Crippen LogP contribution is 2.22. The fraction of sp³-hybridized carbons (Fsp3) is 0.462. The Balaban J connectivity index is 2.29. The average Bonchev–Trinajstić information content (AvgIpc) is 2.30. The van der Waals surface area contributed by atoms with E-state index < -0.39 is 5.91 Å². The van der Waals surface area contributed by atoms with Gasteiger partial charge in [0.05, 0.1) is 6.61 Å². The van der Waals surface area contributed by atoms with Crippen LogP contribution in [0.15, 0.2) is 12.1 Å². The highest BCUT2D eigenvalue weighted by atomic mass is 16.5. The number of hydrogen-bond acceptors (Lipinski definition) is 4. The molecule has 0 saturated carbocycles. The van der Waals surface area contributed by atoms with Crippen LogP contribution in [0.4, 0.5) is 0 Å². The molecule has 1 amide bonds. The Hall–Kier alpha value is -1.59. The Bertz CT molecular complexity index is 396. The van der Waals surface area contributed by atoms with Crippen LogP contribution in [0.1, 0.15) is 16.7 Å². The number of hydrogen-bond donors (Lipinski definition) is 3. The van der Waals surface area contributed by atoms with Crippen LogP contribution in [0.5, 0.6) is 5.75 Å². The van der Waals surface area contributed by atoms with E-state index in [4.69, 9.17) is 10.5 Å². The number of carbonyl (C=O) groups is 1. The van der Waals surface area contributed by atoms with Gasteiger partial charge >= 0.3 is 0 Å². The summed E-state index contributed by atoms with van der Waals surface area (Å²) in [6, 6.07) is 3.89. The quantitative estimate of drug-likeness (QED) is 0.620. The Morgan fingerprint density at radius 2 is 2.00 bits per heavy atom. The number of nitrogens with one attached hydrogen (secondary N) is 1.